The molecular weight excluding hydrogens is 198 g/mol. The van der Waals surface area contributed by atoms with Crippen LogP contribution in [-0.4, -0.2) is 27.3 Å². The molecule has 6 nitrogen and oxygen atoms in total. The van der Waals surface area contributed by atoms with Crippen molar-refractivity contribution in [2.24, 2.45) is 12.8 Å². The summed E-state index contributed by atoms with van der Waals surface area (Å²) in [7, 11) is 1.66. The van der Waals surface area contributed by atoms with Crippen LogP contribution in [0.1, 0.15) is 10.5 Å². The number of halogens is 1. The predicted molar refractivity (Wildman–Crippen MR) is 45.4 cm³/mol. The molecule has 0 spiro atoms. The molecule has 0 aliphatic carbocycles. The van der Waals surface area contributed by atoms with Crippen LogP contribution in [0, 0.1) is 0 Å². The van der Waals surface area contributed by atoms with Crippen molar-refractivity contribution in [3.63, 3.8) is 0 Å². The van der Waals surface area contributed by atoms with Crippen LogP contribution < -0.4 is 5.73 Å². The van der Waals surface area contributed by atoms with E-state index in [0.717, 1.165) is 0 Å². The van der Waals surface area contributed by atoms with Crippen molar-refractivity contribution in [1.82, 2.24) is 9.78 Å². The Balaban J connectivity index is 0.000000424. The van der Waals surface area contributed by atoms with Crippen molar-refractivity contribution in [2.45, 2.75) is 0 Å². The van der Waals surface area contributed by atoms with E-state index in [1.807, 2.05) is 0 Å². The third-order valence-corrected chi connectivity index (χ3v) is 1.29. The number of hydrogen-bond acceptors (Lipinski definition) is 3. The number of amides is 1. The molecule has 1 amide bonds. The molecule has 0 fully saturated rings. The molecule has 0 radical (unpaired) electrons. The Labute approximate surface area is 78.9 Å². The Morgan fingerprint density at radius 3 is 2.46 bits per heavy atom. The van der Waals surface area contributed by atoms with Gasteiger partial charge in [0.05, 0.1) is 5.02 Å². The molecule has 0 unspecified atom stereocenters. The van der Waals surface area contributed by atoms with Gasteiger partial charge in [-0.25, -0.2) is 0 Å². The lowest BCUT2D eigenvalue weighted by molar-refractivity contribution is -0.122. The molecular formula is C6H8ClN3O3. The zero-order valence-electron chi connectivity index (χ0n) is 6.77. The molecule has 1 rings (SSSR count). The van der Waals surface area contributed by atoms with E-state index in [-0.39, 0.29) is 17.2 Å². The zero-order chi connectivity index (χ0) is 10.4. The molecule has 0 atom stereocenters. The van der Waals surface area contributed by atoms with E-state index in [0.29, 0.717) is 0 Å². The molecule has 1 aromatic heterocycles. The van der Waals surface area contributed by atoms with Crippen LogP contribution in [0.2, 0.25) is 5.02 Å². The summed E-state index contributed by atoms with van der Waals surface area (Å²) in [6.45, 7) is -0.250. The van der Waals surface area contributed by atoms with Crippen LogP contribution in [-0.2, 0) is 11.8 Å². The number of aryl methyl sites for hydroxylation is 1. The maximum Gasteiger partial charge on any atom is 0.290 e. The minimum absolute atomic E-state index is 0.115. The van der Waals surface area contributed by atoms with E-state index in [1.54, 1.807) is 7.05 Å². The normalized spacial score (nSPS) is 8.46. The number of rotatable bonds is 1. The lowest BCUT2D eigenvalue weighted by Crippen LogP contribution is -2.12. The van der Waals surface area contributed by atoms with Gasteiger partial charge in [-0.15, -0.1) is 0 Å². The molecule has 72 valence electrons. The van der Waals surface area contributed by atoms with Gasteiger partial charge in [0, 0.05) is 13.2 Å². The van der Waals surface area contributed by atoms with Gasteiger partial charge in [-0.1, -0.05) is 11.6 Å². The Morgan fingerprint density at radius 1 is 1.85 bits per heavy atom. The fourth-order valence-electron chi connectivity index (χ4n) is 0.627. The number of aromatic nitrogens is 2. The van der Waals surface area contributed by atoms with E-state index in [1.165, 1.54) is 10.9 Å². The highest BCUT2D eigenvalue weighted by Gasteiger charge is 2.09. The molecule has 3 N–H and O–H groups in total. The number of hydrogen-bond donors (Lipinski definition) is 2. The number of primary amides is 1. The fourth-order valence-corrected chi connectivity index (χ4v) is 0.899. The maximum atomic E-state index is 10.5. The molecule has 13 heavy (non-hydrogen) atoms. The third kappa shape index (κ3) is 3.57. The lowest BCUT2D eigenvalue weighted by Gasteiger charge is -1.85. The molecule has 0 saturated carbocycles. The van der Waals surface area contributed by atoms with Gasteiger partial charge < -0.3 is 10.8 Å². The van der Waals surface area contributed by atoms with E-state index >= 15 is 0 Å². The Bertz CT molecular complexity index is 310. The van der Waals surface area contributed by atoms with E-state index < -0.39 is 5.91 Å². The average molecular weight is 206 g/mol. The number of carboxylic acid groups (broad SMARTS) is 1. The minimum atomic E-state index is -0.606. The summed E-state index contributed by atoms with van der Waals surface area (Å²) in [5.41, 5.74) is 5.04. The van der Waals surface area contributed by atoms with Gasteiger partial charge in [-0.05, 0) is 0 Å². The van der Waals surface area contributed by atoms with Crippen molar-refractivity contribution in [3.05, 3.63) is 16.9 Å². The molecule has 0 aliphatic rings. The van der Waals surface area contributed by atoms with Crippen molar-refractivity contribution < 1.29 is 14.7 Å². The molecule has 0 bridgehead atoms. The molecule has 0 aromatic carbocycles. The second-order valence-corrected chi connectivity index (χ2v) is 2.38. The number of carbonyl (C=O) groups is 2. The van der Waals surface area contributed by atoms with Gasteiger partial charge in [0.2, 0.25) is 0 Å². The third-order valence-electron chi connectivity index (χ3n) is 1.02. The summed E-state index contributed by atoms with van der Waals surface area (Å²) < 4.78 is 1.43. The van der Waals surface area contributed by atoms with Crippen LogP contribution in [0.4, 0.5) is 0 Å². The van der Waals surface area contributed by atoms with Crippen molar-refractivity contribution in [1.29, 1.82) is 0 Å². The van der Waals surface area contributed by atoms with Crippen molar-refractivity contribution >= 4 is 24.0 Å². The fraction of sp³-hybridized carbons (Fsp3) is 0.167. The standard InChI is InChI=1S/C5H6ClN3O.CH2O2/c1-9-2-3(6)4(8-9)5(7)10;2-1-3/h2H,1H3,(H2,7,10);1H,(H,2,3). The zero-order valence-corrected chi connectivity index (χ0v) is 7.52. The van der Waals surface area contributed by atoms with Crippen molar-refractivity contribution in [3.8, 4) is 0 Å². The molecule has 7 heteroatoms. The quantitative estimate of drug-likeness (QED) is 0.624. The SMILES string of the molecule is Cn1cc(Cl)c(C(N)=O)n1.O=CO. The Hall–Kier alpha value is -1.56. The van der Waals surface area contributed by atoms with E-state index in [4.69, 9.17) is 27.2 Å². The smallest absolute Gasteiger partial charge is 0.290 e. The summed E-state index contributed by atoms with van der Waals surface area (Å²) in [6, 6.07) is 0. The predicted octanol–water partition coefficient (Wildman–Crippen LogP) is -0.127. The van der Waals surface area contributed by atoms with Gasteiger partial charge in [-0.2, -0.15) is 5.10 Å². The van der Waals surface area contributed by atoms with E-state index in [9.17, 15) is 4.79 Å². The van der Waals surface area contributed by atoms with Gasteiger partial charge in [0.25, 0.3) is 12.4 Å². The summed E-state index contributed by atoms with van der Waals surface area (Å²) in [4.78, 5) is 18.9. The first-order valence-electron chi connectivity index (χ1n) is 3.09. The number of nitrogens with zero attached hydrogens (tertiary/aromatic N) is 2. The van der Waals surface area contributed by atoms with Gasteiger partial charge in [-0.3, -0.25) is 14.3 Å². The average Bonchev–Trinajstić information content (AvgIpc) is 2.31. The van der Waals surface area contributed by atoms with Gasteiger partial charge >= 0.3 is 0 Å². The highest BCUT2D eigenvalue weighted by atomic mass is 35.5. The Kier molecular flexibility index (Phi) is 4.53. The highest BCUT2D eigenvalue weighted by Crippen LogP contribution is 2.11. The second kappa shape index (κ2) is 5.15. The topological polar surface area (TPSA) is 98.2 Å². The molecule has 0 aliphatic heterocycles. The summed E-state index contributed by atoms with van der Waals surface area (Å²) in [6.07, 6.45) is 1.52. The lowest BCUT2D eigenvalue weighted by atomic mass is 10.4. The minimum Gasteiger partial charge on any atom is -0.483 e. The first-order chi connectivity index (χ1) is 6.02. The number of carbonyl (C=O) groups excluding carboxylic acids is 1. The monoisotopic (exact) mass is 205 g/mol. The first-order valence-corrected chi connectivity index (χ1v) is 3.47. The summed E-state index contributed by atoms with van der Waals surface area (Å²) in [5.74, 6) is -0.606. The Morgan fingerprint density at radius 2 is 2.31 bits per heavy atom. The van der Waals surface area contributed by atoms with Crippen LogP contribution in [0.5, 0.6) is 0 Å². The second-order valence-electron chi connectivity index (χ2n) is 1.97. The maximum absolute atomic E-state index is 10.5. The largest absolute Gasteiger partial charge is 0.483 e. The van der Waals surface area contributed by atoms with Gasteiger partial charge in [0.15, 0.2) is 5.69 Å². The van der Waals surface area contributed by atoms with Crippen LogP contribution in [0.25, 0.3) is 0 Å². The van der Waals surface area contributed by atoms with Crippen LogP contribution >= 0.6 is 11.6 Å². The molecule has 1 heterocycles. The summed E-state index contributed by atoms with van der Waals surface area (Å²) >= 11 is 5.56. The van der Waals surface area contributed by atoms with Crippen molar-refractivity contribution in [2.75, 3.05) is 0 Å². The molecule has 1 aromatic rings. The molecule has 0 saturated heterocycles. The van der Waals surface area contributed by atoms with Crippen LogP contribution in [0.15, 0.2) is 6.20 Å². The first kappa shape index (κ1) is 11.4. The van der Waals surface area contributed by atoms with E-state index in [2.05, 4.69) is 5.10 Å². The van der Waals surface area contributed by atoms with Gasteiger partial charge in [0.1, 0.15) is 0 Å². The highest BCUT2D eigenvalue weighted by molar-refractivity contribution is 6.33. The summed E-state index contributed by atoms with van der Waals surface area (Å²) in [5, 5.41) is 10.9. The van der Waals surface area contributed by atoms with Crippen LogP contribution in [0.3, 0.4) is 0 Å². The number of nitrogens with two attached hydrogens (primary N) is 1.